The molecule has 0 spiro atoms. The first-order chi connectivity index (χ1) is 5.66. The molecular weight excluding hydrogens is 197 g/mol. The van der Waals surface area contributed by atoms with Crippen molar-refractivity contribution in [1.82, 2.24) is 0 Å². The van der Waals surface area contributed by atoms with Gasteiger partial charge in [0.25, 0.3) is 0 Å². The molecule has 0 aromatic heterocycles. The van der Waals surface area contributed by atoms with Crippen LogP contribution in [0.15, 0.2) is 18.2 Å². The molecule has 0 aliphatic heterocycles. The second-order valence-electron chi connectivity index (χ2n) is 2.48. The van der Waals surface area contributed by atoms with E-state index in [-0.39, 0.29) is 29.5 Å². The van der Waals surface area contributed by atoms with Crippen LogP contribution < -0.4 is 5.73 Å². The molecule has 13 heavy (non-hydrogen) atoms. The third-order valence-corrected chi connectivity index (χ3v) is 1.61. The van der Waals surface area contributed by atoms with Crippen LogP contribution in [0.5, 0.6) is 11.5 Å². The van der Waals surface area contributed by atoms with Crippen molar-refractivity contribution in [2.45, 2.75) is 6.04 Å². The fourth-order valence-electron chi connectivity index (χ4n) is 0.931. The molecule has 1 rings (SSSR count). The first kappa shape index (κ1) is 12.0. The van der Waals surface area contributed by atoms with Gasteiger partial charge in [-0.2, -0.15) is 0 Å². The first-order valence-electron chi connectivity index (χ1n) is 3.49. The van der Waals surface area contributed by atoms with Crippen LogP contribution in [0, 0.1) is 0 Å². The van der Waals surface area contributed by atoms with Crippen LogP contribution in [0.2, 0.25) is 0 Å². The van der Waals surface area contributed by atoms with E-state index in [9.17, 15) is 9.50 Å². The molecule has 0 heterocycles. The molecule has 4 N–H and O–H groups in total. The van der Waals surface area contributed by atoms with Gasteiger partial charge in [-0.25, -0.2) is 4.39 Å². The summed E-state index contributed by atoms with van der Waals surface area (Å²) >= 11 is 0. The van der Waals surface area contributed by atoms with Gasteiger partial charge in [0.1, 0.15) is 6.67 Å². The van der Waals surface area contributed by atoms with Gasteiger partial charge in [-0.1, -0.05) is 12.1 Å². The van der Waals surface area contributed by atoms with E-state index in [1.807, 2.05) is 0 Å². The predicted molar refractivity (Wildman–Crippen MR) is 49.9 cm³/mol. The van der Waals surface area contributed by atoms with E-state index < -0.39 is 12.7 Å². The van der Waals surface area contributed by atoms with Crippen molar-refractivity contribution in [2.24, 2.45) is 5.73 Å². The lowest BCUT2D eigenvalue weighted by Crippen LogP contribution is -2.12. The van der Waals surface area contributed by atoms with Crippen LogP contribution >= 0.6 is 12.4 Å². The van der Waals surface area contributed by atoms with Gasteiger partial charge in [0.15, 0.2) is 11.5 Å². The van der Waals surface area contributed by atoms with Crippen molar-refractivity contribution < 1.29 is 14.6 Å². The smallest absolute Gasteiger partial charge is 0.162 e. The maximum atomic E-state index is 12.1. The standard InChI is InChI=1S/C8H10FNO2.ClH/c9-4-6(10)5-2-1-3-7(11)8(5)12;/h1-3,6,11-12H,4,10H2;1H/t6-;/m1./s1. The van der Waals surface area contributed by atoms with Crippen molar-refractivity contribution in [1.29, 1.82) is 0 Å². The molecule has 0 bridgehead atoms. The number of nitrogens with two attached hydrogens (primary N) is 1. The van der Waals surface area contributed by atoms with Gasteiger partial charge >= 0.3 is 0 Å². The summed E-state index contributed by atoms with van der Waals surface area (Å²) in [4.78, 5) is 0. The molecular formula is C8H11ClFNO2. The summed E-state index contributed by atoms with van der Waals surface area (Å²) < 4.78 is 12.1. The van der Waals surface area contributed by atoms with E-state index in [0.29, 0.717) is 0 Å². The van der Waals surface area contributed by atoms with E-state index in [2.05, 4.69) is 0 Å². The Morgan fingerprint density at radius 3 is 2.54 bits per heavy atom. The summed E-state index contributed by atoms with van der Waals surface area (Å²) in [5.41, 5.74) is 5.54. The molecule has 0 unspecified atom stereocenters. The average Bonchev–Trinajstić information content (AvgIpc) is 2.08. The minimum Gasteiger partial charge on any atom is -0.504 e. The molecule has 0 saturated carbocycles. The molecule has 74 valence electrons. The van der Waals surface area contributed by atoms with Crippen LogP contribution in [0.1, 0.15) is 11.6 Å². The number of para-hydroxylation sites is 1. The molecule has 0 saturated heterocycles. The summed E-state index contributed by atoms with van der Waals surface area (Å²) in [7, 11) is 0. The van der Waals surface area contributed by atoms with Crippen LogP contribution in [0.4, 0.5) is 4.39 Å². The van der Waals surface area contributed by atoms with Crippen LogP contribution in [0.3, 0.4) is 0 Å². The predicted octanol–water partition coefficient (Wildman–Crippen LogP) is 1.49. The maximum absolute atomic E-state index is 12.1. The Hall–Kier alpha value is -1.00. The number of benzene rings is 1. The number of aromatic hydroxyl groups is 2. The third-order valence-electron chi connectivity index (χ3n) is 1.61. The van der Waals surface area contributed by atoms with Crippen molar-refractivity contribution >= 4 is 12.4 Å². The zero-order valence-electron chi connectivity index (χ0n) is 6.77. The number of phenols is 2. The number of hydrogen-bond donors (Lipinski definition) is 3. The average molecular weight is 208 g/mol. The van der Waals surface area contributed by atoms with E-state index in [4.69, 9.17) is 10.8 Å². The quantitative estimate of drug-likeness (QED) is 0.644. The fraction of sp³-hybridized carbons (Fsp3) is 0.250. The largest absolute Gasteiger partial charge is 0.504 e. The number of hydrogen-bond acceptors (Lipinski definition) is 3. The highest BCUT2D eigenvalue weighted by molar-refractivity contribution is 5.85. The molecule has 1 aromatic rings. The SMILES string of the molecule is Cl.N[C@H](CF)c1cccc(O)c1O. The summed E-state index contributed by atoms with van der Waals surface area (Å²) in [6.07, 6.45) is 0. The second kappa shape index (κ2) is 4.89. The summed E-state index contributed by atoms with van der Waals surface area (Å²) in [5.74, 6) is -0.626. The number of halogens is 2. The van der Waals surface area contributed by atoms with E-state index in [1.165, 1.54) is 18.2 Å². The molecule has 1 atom stereocenters. The number of rotatable bonds is 2. The minimum absolute atomic E-state index is 0. The Kier molecular flexibility index (Phi) is 4.51. The van der Waals surface area contributed by atoms with Crippen molar-refractivity contribution in [3.05, 3.63) is 23.8 Å². The highest BCUT2D eigenvalue weighted by Crippen LogP contribution is 2.31. The fourth-order valence-corrected chi connectivity index (χ4v) is 0.931. The van der Waals surface area contributed by atoms with Gasteiger partial charge in [0.05, 0.1) is 6.04 Å². The molecule has 5 heteroatoms. The van der Waals surface area contributed by atoms with Crippen molar-refractivity contribution in [3.63, 3.8) is 0 Å². The lowest BCUT2D eigenvalue weighted by atomic mass is 10.1. The van der Waals surface area contributed by atoms with Crippen LogP contribution in [-0.4, -0.2) is 16.9 Å². The van der Waals surface area contributed by atoms with Gasteiger partial charge < -0.3 is 15.9 Å². The molecule has 0 fully saturated rings. The summed E-state index contributed by atoms with van der Waals surface area (Å²) in [6, 6.07) is 3.40. The van der Waals surface area contributed by atoms with Gasteiger partial charge in [-0.05, 0) is 6.07 Å². The molecule has 3 nitrogen and oxygen atoms in total. The Morgan fingerprint density at radius 2 is 2.00 bits per heavy atom. The van der Waals surface area contributed by atoms with Crippen molar-refractivity contribution in [2.75, 3.05) is 6.67 Å². The monoisotopic (exact) mass is 207 g/mol. The lowest BCUT2D eigenvalue weighted by Gasteiger charge is -2.09. The summed E-state index contributed by atoms with van der Waals surface area (Å²) in [6.45, 7) is -0.767. The molecule has 0 aliphatic rings. The normalized spacial score (nSPS) is 11.8. The van der Waals surface area contributed by atoms with Crippen molar-refractivity contribution in [3.8, 4) is 11.5 Å². The maximum Gasteiger partial charge on any atom is 0.162 e. The number of phenolic OH excluding ortho intramolecular Hbond substituents is 2. The summed E-state index contributed by atoms with van der Waals surface area (Å²) in [5, 5.41) is 18.2. The van der Waals surface area contributed by atoms with E-state index >= 15 is 0 Å². The minimum atomic E-state index is -0.878. The Bertz CT molecular complexity index is 283. The van der Waals surface area contributed by atoms with Gasteiger partial charge in [-0.3, -0.25) is 0 Å². The molecule has 1 aromatic carbocycles. The topological polar surface area (TPSA) is 66.5 Å². The van der Waals surface area contributed by atoms with E-state index in [1.54, 1.807) is 0 Å². The van der Waals surface area contributed by atoms with E-state index in [0.717, 1.165) is 0 Å². The van der Waals surface area contributed by atoms with Gasteiger partial charge in [0.2, 0.25) is 0 Å². The first-order valence-corrected chi connectivity index (χ1v) is 3.49. The Morgan fingerprint density at radius 1 is 1.38 bits per heavy atom. The zero-order valence-corrected chi connectivity index (χ0v) is 7.59. The highest BCUT2D eigenvalue weighted by atomic mass is 35.5. The van der Waals surface area contributed by atoms with Gasteiger partial charge in [0, 0.05) is 5.56 Å². The highest BCUT2D eigenvalue weighted by Gasteiger charge is 2.12. The Labute approximate surface area is 81.4 Å². The third kappa shape index (κ3) is 2.47. The molecule has 0 radical (unpaired) electrons. The lowest BCUT2D eigenvalue weighted by molar-refractivity contribution is 0.383. The Balaban J connectivity index is 0.00000144. The second-order valence-corrected chi connectivity index (χ2v) is 2.48. The number of alkyl halides is 1. The molecule has 0 amide bonds. The zero-order chi connectivity index (χ0) is 9.14. The van der Waals surface area contributed by atoms with Crippen LogP contribution in [0.25, 0.3) is 0 Å². The van der Waals surface area contributed by atoms with Gasteiger partial charge in [-0.15, -0.1) is 12.4 Å². The molecule has 0 aliphatic carbocycles. The van der Waals surface area contributed by atoms with Crippen LogP contribution in [-0.2, 0) is 0 Å².